The van der Waals surface area contributed by atoms with Crippen LogP contribution in [0.5, 0.6) is 0 Å². The van der Waals surface area contributed by atoms with Crippen molar-refractivity contribution >= 4 is 34.9 Å². The predicted octanol–water partition coefficient (Wildman–Crippen LogP) is 4.42. The third-order valence-electron chi connectivity index (χ3n) is 8.82. The second-order valence-electron chi connectivity index (χ2n) is 11.6. The van der Waals surface area contributed by atoms with Crippen LogP contribution < -0.4 is 16.4 Å². The fourth-order valence-corrected chi connectivity index (χ4v) is 6.38. The Morgan fingerprint density at radius 1 is 1.00 bits per heavy atom. The number of urea groups is 1. The normalized spacial score (nSPS) is 16.6. The summed E-state index contributed by atoms with van der Waals surface area (Å²) in [5, 5.41) is 6.91. The van der Waals surface area contributed by atoms with Gasteiger partial charge in [-0.1, -0.05) is 67.5 Å². The Labute approximate surface area is 253 Å². The molecule has 2 aliphatic rings. The first kappa shape index (κ1) is 30.4. The van der Waals surface area contributed by atoms with E-state index in [9.17, 15) is 14.4 Å². The van der Waals surface area contributed by atoms with E-state index in [1.807, 2.05) is 30.5 Å². The van der Waals surface area contributed by atoms with Crippen molar-refractivity contribution in [1.82, 2.24) is 20.5 Å². The molecule has 1 aliphatic carbocycles. The molecule has 5 N–H and O–H groups in total. The first-order valence-electron chi connectivity index (χ1n) is 15.5. The molecule has 228 valence electrons. The van der Waals surface area contributed by atoms with Crippen LogP contribution in [0.25, 0.3) is 17.0 Å². The molecule has 1 spiro atoms. The molecule has 2 heterocycles. The Kier molecular flexibility index (Phi) is 9.82. The second-order valence-corrected chi connectivity index (χ2v) is 11.6. The number of fused-ring (bicyclic) bond motifs is 3. The number of hydrogen-bond acceptors (Lipinski definition) is 5. The molecule has 1 fully saturated rings. The molecule has 1 aromatic heterocycles. The van der Waals surface area contributed by atoms with E-state index in [0.29, 0.717) is 26.1 Å². The number of amides is 3. The van der Waals surface area contributed by atoms with E-state index in [0.717, 1.165) is 48.6 Å². The number of esters is 1. The monoisotopic (exact) mass is 585 g/mol. The first-order valence-corrected chi connectivity index (χ1v) is 15.5. The van der Waals surface area contributed by atoms with Crippen molar-refractivity contribution in [3.05, 3.63) is 77.5 Å². The van der Waals surface area contributed by atoms with Crippen LogP contribution in [0.3, 0.4) is 0 Å². The largest absolute Gasteiger partial charge is 0.464 e. The molecule has 2 atom stereocenters. The van der Waals surface area contributed by atoms with Gasteiger partial charge in [-0.25, -0.2) is 9.59 Å². The smallest absolute Gasteiger partial charge is 0.328 e. The minimum absolute atomic E-state index is 0.0506. The average molecular weight is 586 g/mol. The first-order chi connectivity index (χ1) is 20.9. The van der Waals surface area contributed by atoms with Crippen LogP contribution in [0.2, 0.25) is 0 Å². The molecular weight excluding hydrogens is 542 g/mol. The molecule has 3 aromatic rings. The molecule has 9 nitrogen and oxygen atoms in total. The SMILES string of the molecule is CCOC(=O)C(CCCCCN)NC(=O)C(Cc1c[nH]c2ccccc12)NC(=O)N1CCC2(C=Cc3ccccc32)CC1. The number of ether oxygens (including phenoxy) is 1. The van der Waals surface area contributed by atoms with E-state index in [-0.39, 0.29) is 24.5 Å². The zero-order valence-electron chi connectivity index (χ0n) is 24.9. The Balaban J connectivity index is 1.30. The van der Waals surface area contributed by atoms with Crippen LogP contribution in [0.15, 0.2) is 60.8 Å². The average Bonchev–Trinajstić information content (AvgIpc) is 3.60. The molecular formula is C34H43N5O4. The number of aromatic amines is 1. The van der Waals surface area contributed by atoms with Gasteiger partial charge in [0.05, 0.1) is 6.61 Å². The number of unbranched alkanes of at least 4 members (excludes halogenated alkanes) is 2. The van der Waals surface area contributed by atoms with E-state index in [2.05, 4.69) is 52.0 Å². The summed E-state index contributed by atoms with van der Waals surface area (Å²) in [6, 6.07) is 14.4. The molecule has 5 rings (SSSR count). The van der Waals surface area contributed by atoms with Crippen molar-refractivity contribution in [2.24, 2.45) is 5.73 Å². The highest BCUT2D eigenvalue weighted by Crippen LogP contribution is 2.43. The van der Waals surface area contributed by atoms with Gasteiger partial charge in [0.25, 0.3) is 0 Å². The zero-order chi connectivity index (χ0) is 30.2. The van der Waals surface area contributed by atoms with Crippen molar-refractivity contribution in [2.75, 3.05) is 26.2 Å². The number of piperidine rings is 1. The second kappa shape index (κ2) is 13.9. The highest BCUT2D eigenvalue weighted by molar-refractivity contribution is 5.92. The van der Waals surface area contributed by atoms with E-state index < -0.39 is 24.0 Å². The van der Waals surface area contributed by atoms with Gasteiger partial charge in [0.2, 0.25) is 5.91 Å². The fourth-order valence-electron chi connectivity index (χ4n) is 6.38. The van der Waals surface area contributed by atoms with Crippen molar-refractivity contribution in [2.45, 2.75) is 69.4 Å². The van der Waals surface area contributed by atoms with E-state index in [4.69, 9.17) is 10.5 Å². The summed E-state index contributed by atoms with van der Waals surface area (Å²) in [5.41, 5.74) is 10.0. The van der Waals surface area contributed by atoms with Gasteiger partial charge in [0.15, 0.2) is 0 Å². The van der Waals surface area contributed by atoms with Crippen molar-refractivity contribution in [3.63, 3.8) is 0 Å². The number of nitrogens with two attached hydrogens (primary N) is 1. The lowest BCUT2D eigenvalue weighted by Crippen LogP contribution is -2.56. The molecule has 2 unspecified atom stereocenters. The number of H-pyrrole nitrogens is 1. The van der Waals surface area contributed by atoms with Crippen molar-refractivity contribution in [1.29, 1.82) is 0 Å². The molecule has 3 amide bonds. The molecule has 43 heavy (non-hydrogen) atoms. The molecule has 9 heteroatoms. The van der Waals surface area contributed by atoms with Gasteiger partial charge in [0, 0.05) is 42.0 Å². The third-order valence-corrected chi connectivity index (χ3v) is 8.82. The summed E-state index contributed by atoms with van der Waals surface area (Å²) < 4.78 is 5.27. The van der Waals surface area contributed by atoms with Crippen LogP contribution in [-0.4, -0.2) is 66.1 Å². The highest BCUT2D eigenvalue weighted by Gasteiger charge is 2.39. The van der Waals surface area contributed by atoms with Crippen LogP contribution in [0, 0.1) is 0 Å². The summed E-state index contributed by atoms with van der Waals surface area (Å²) in [5.74, 6) is -0.872. The van der Waals surface area contributed by atoms with Gasteiger partial charge in [-0.05, 0) is 61.9 Å². The number of aromatic nitrogens is 1. The zero-order valence-corrected chi connectivity index (χ0v) is 24.9. The number of rotatable bonds is 12. The number of carbonyl (C=O) groups excluding carboxylic acids is 3. The van der Waals surface area contributed by atoms with Gasteiger partial charge in [-0.3, -0.25) is 4.79 Å². The van der Waals surface area contributed by atoms with Gasteiger partial charge >= 0.3 is 12.0 Å². The number of nitrogens with zero attached hydrogens (tertiary/aromatic N) is 1. The summed E-state index contributed by atoms with van der Waals surface area (Å²) in [7, 11) is 0. The molecule has 0 radical (unpaired) electrons. The maximum atomic E-state index is 13.8. The van der Waals surface area contributed by atoms with Gasteiger partial charge < -0.3 is 31.0 Å². The third kappa shape index (κ3) is 6.94. The number of benzene rings is 2. The lowest BCUT2D eigenvalue weighted by molar-refractivity contribution is -0.147. The van der Waals surface area contributed by atoms with Crippen molar-refractivity contribution in [3.8, 4) is 0 Å². The van der Waals surface area contributed by atoms with E-state index in [1.54, 1.807) is 11.8 Å². The van der Waals surface area contributed by atoms with E-state index >= 15 is 0 Å². The van der Waals surface area contributed by atoms with Gasteiger partial charge in [0.1, 0.15) is 12.1 Å². The van der Waals surface area contributed by atoms with Crippen LogP contribution in [0.4, 0.5) is 4.79 Å². The standard InChI is InChI=1S/C34H43N5O4/c1-2-43-32(41)29(14-4-3-9-19-35)37-31(40)30(22-25-23-36-28-13-8-6-11-26(25)28)38-33(42)39-20-17-34(18-21-39)16-15-24-10-5-7-12-27(24)34/h5-8,10-13,15-16,23,29-30,36H,2-4,9,14,17-22,35H2,1H3,(H,37,40)(H,38,42). The topological polar surface area (TPSA) is 130 Å². The lowest BCUT2D eigenvalue weighted by Gasteiger charge is -2.39. The number of para-hydroxylation sites is 1. The van der Waals surface area contributed by atoms with Crippen LogP contribution >= 0.6 is 0 Å². The van der Waals surface area contributed by atoms with Gasteiger partial charge in [-0.2, -0.15) is 0 Å². The minimum atomic E-state index is -0.879. The Hall–Kier alpha value is -4.11. The summed E-state index contributed by atoms with van der Waals surface area (Å²) >= 11 is 0. The number of likely N-dealkylation sites (tertiary alicyclic amines) is 1. The summed E-state index contributed by atoms with van der Waals surface area (Å²) in [6.07, 6.45) is 11.1. The van der Waals surface area contributed by atoms with Crippen LogP contribution in [0.1, 0.15) is 62.1 Å². The van der Waals surface area contributed by atoms with Crippen LogP contribution in [-0.2, 0) is 26.2 Å². The van der Waals surface area contributed by atoms with Gasteiger partial charge in [-0.15, -0.1) is 0 Å². The maximum absolute atomic E-state index is 13.8. The number of carbonyl (C=O) groups is 3. The maximum Gasteiger partial charge on any atom is 0.328 e. The molecule has 1 saturated heterocycles. The Morgan fingerprint density at radius 2 is 1.77 bits per heavy atom. The number of allylic oxidation sites excluding steroid dienone is 1. The predicted molar refractivity (Wildman–Crippen MR) is 168 cm³/mol. The van der Waals surface area contributed by atoms with Crippen molar-refractivity contribution < 1.29 is 19.1 Å². The molecule has 0 saturated carbocycles. The fraction of sp³-hybridized carbons (Fsp3) is 0.441. The highest BCUT2D eigenvalue weighted by atomic mass is 16.5. The Morgan fingerprint density at radius 3 is 2.56 bits per heavy atom. The summed E-state index contributed by atoms with van der Waals surface area (Å²) in [6.45, 7) is 3.71. The number of nitrogens with one attached hydrogen (secondary N) is 3. The van der Waals surface area contributed by atoms with E-state index in [1.165, 1.54) is 11.1 Å². The Bertz CT molecular complexity index is 1460. The summed E-state index contributed by atoms with van der Waals surface area (Å²) in [4.78, 5) is 45.2. The minimum Gasteiger partial charge on any atom is -0.464 e. The lowest BCUT2D eigenvalue weighted by atomic mass is 9.74. The number of hydrogen-bond donors (Lipinski definition) is 4. The quantitative estimate of drug-likeness (QED) is 0.185. The molecule has 0 bridgehead atoms. The molecule has 2 aromatic carbocycles. The molecule has 1 aliphatic heterocycles.